The first-order valence-corrected chi connectivity index (χ1v) is 11.1. The zero-order chi connectivity index (χ0) is 21.7. The van der Waals surface area contributed by atoms with E-state index >= 15 is 0 Å². The number of hydrogen-bond acceptors (Lipinski definition) is 9. The average molecular weight is 431 g/mol. The molecule has 30 heavy (non-hydrogen) atoms. The van der Waals surface area contributed by atoms with Crippen LogP contribution in [0.25, 0.3) is 11.2 Å². The van der Waals surface area contributed by atoms with Gasteiger partial charge in [-0.2, -0.15) is 9.97 Å². The van der Waals surface area contributed by atoms with E-state index in [-0.39, 0.29) is 4.90 Å². The van der Waals surface area contributed by atoms with Gasteiger partial charge in [0.2, 0.25) is 16.0 Å². The van der Waals surface area contributed by atoms with E-state index in [0.29, 0.717) is 29.5 Å². The highest BCUT2D eigenvalue weighted by molar-refractivity contribution is 7.89. The van der Waals surface area contributed by atoms with E-state index in [4.69, 9.17) is 5.14 Å². The highest BCUT2D eigenvalue weighted by atomic mass is 32.2. The second-order valence-electron chi connectivity index (χ2n) is 6.96. The normalized spacial score (nSPS) is 11.8. The fourth-order valence-electron chi connectivity index (χ4n) is 2.74. The summed E-state index contributed by atoms with van der Waals surface area (Å²) in [6.07, 6.45) is 3.17. The minimum atomic E-state index is -3.76. The monoisotopic (exact) mass is 430 g/mol. The van der Waals surface area contributed by atoms with Crippen LogP contribution >= 0.6 is 0 Å². The van der Waals surface area contributed by atoms with Gasteiger partial charge >= 0.3 is 0 Å². The third-order valence-corrected chi connectivity index (χ3v) is 5.62. The smallest absolute Gasteiger partial charge is 0.238 e. The van der Waals surface area contributed by atoms with Crippen molar-refractivity contribution in [1.82, 2.24) is 24.8 Å². The first-order valence-electron chi connectivity index (χ1n) is 9.52. The van der Waals surface area contributed by atoms with Crippen LogP contribution in [0.15, 0.2) is 41.6 Å². The highest BCUT2D eigenvalue weighted by Gasteiger charge is 2.14. The van der Waals surface area contributed by atoms with Crippen LogP contribution in [0.3, 0.4) is 0 Å². The highest BCUT2D eigenvalue weighted by Crippen LogP contribution is 2.21. The molecule has 2 aromatic heterocycles. The SMILES string of the molecule is CCN(C)CCN(C)c1nc(NCc2cccc(S(N)(=O)=O)c2)c2nccnc2n1. The molecule has 0 fully saturated rings. The molecular weight excluding hydrogens is 404 g/mol. The van der Waals surface area contributed by atoms with Gasteiger partial charge in [-0.25, -0.2) is 23.5 Å². The first kappa shape index (κ1) is 21.8. The van der Waals surface area contributed by atoms with Crippen LogP contribution in [0.4, 0.5) is 11.8 Å². The predicted molar refractivity (Wildman–Crippen MR) is 117 cm³/mol. The molecule has 0 aliphatic heterocycles. The van der Waals surface area contributed by atoms with Crippen LogP contribution in [-0.2, 0) is 16.6 Å². The van der Waals surface area contributed by atoms with Crippen LogP contribution in [-0.4, -0.2) is 67.0 Å². The van der Waals surface area contributed by atoms with Gasteiger partial charge in [-0.3, -0.25) is 0 Å². The molecule has 2 heterocycles. The molecule has 10 nitrogen and oxygen atoms in total. The fourth-order valence-corrected chi connectivity index (χ4v) is 3.33. The van der Waals surface area contributed by atoms with Gasteiger partial charge in [-0.05, 0) is 31.3 Å². The van der Waals surface area contributed by atoms with Crippen molar-refractivity contribution in [3.05, 3.63) is 42.2 Å². The second kappa shape index (κ2) is 9.28. The Morgan fingerprint density at radius 1 is 1.10 bits per heavy atom. The van der Waals surface area contributed by atoms with Crippen molar-refractivity contribution in [3.8, 4) is 0 Å². The van der Waals surface area contributed by atoms with Gasteiger partial charge in [0.05, 0.1) is 4.90 Å². The van der Waals surface area contributed by atoms with Crippen molar-refractivity contribution in [1.29, 1.82) is 0 Å². The van der Waals surface area contributed by atoms with E-state index in [1.165, 1.54) is 12.1 Å². The molecule has 0 atom stereocenters. The quantitative estimate of drug-likeness (QED) is 0.512. The Balaban J connectivity index is 1.86. The molecule has 0 aliphatic rings. The molecule has 0 bridgehead atoms. The summed E-state index contributed by atoms with van der Waals surface area (Å²) in [4.78, 5) is 22.0. The zero-order valence-electron chi connectivity index (χ0n) is 17.3. The van der Waals surface area contributed by atoms with Crippen molar-refractivity contribution >= 4 is 33.0 Å². The number of nitrogens with zero attached hydrogens (tertiary/aromatic N) is 6. The molecular formula is C19H26N8O2S. The summed E-state index contributed by atoms with van der Waals surface area (Å²) in [5.41, 5.74) is 1.78. The van der Waals surface area contributed by atoms with Gasteiger partial charge in [0.25, 0.3) is 0 Å². The van der Waals surface area contributed by atoms with Crippen LogP contribution in [0.2, 0.25) is 0 Å². The lowest BCUT2D eigenvalue weighted by atomic mass is 10.2. The average Bonchev–Trinajstić information content (AvgIpc) is 2.74. The molecule has 0 saturated carbocycles. The largest absolute Gasteiger partial charge is 0.364 e. The molecule has 0 saturated heterocycles. The number of hydrogen-bond donors (Lipinski definition) is 2. The molecule has 0 aliphatic carbocycles. The number of anilines is 2. The van der Waals surface area contributed by atoms with E-state index in [1.807, 2.05) is 18.0 Å². The maximum Gasteiger partial charge on any atom is 0.238 e. The summed E-state index contributed by atoms with van der Waals surface area (Å²) < 4.78 is 23.2. The van der Waals surface area contributed by atoms with Gasteiger partial charge in [0.15, 0.2) is 17.0 Å². The summed E-state index contributed by atoms with van der Waals surface area (Å²) in [6.45, 7) is 5.04. The van der Waals surface area contributed by atoms with Gasteiger partial charge in [0.1, 0.15) is 0 Å². The molecule has 3 aromatic rings. The number of sulfonamides is 1. The lowest BCUT2D eigenvalue weighted by Crippen LogP contribution is -2.31. The first-order chi connectivity index (χ1) is 14.3. The van der Waals surface area contributed by atoms with E-state index in [9.17, 15) is 8.42 Å². The number of primary sulfonamides is 1. The Bertz CT molecular complexity index is 1120. The number of rotatable bonds is 9. The summed E-state index contributed by atoms with van der Waals surface area (Å²) in [5.74, 6) is 1.06. The molecule has 0 spiro atoms. The minimum Gasteiger partial charge on any atom is -0.364 e. The number of benzene rings is 1. The molecule has 11 heteroatoms. The van der Waals surface area contributed by atoms with Crippen molar-refractivity contribution < 1.29 is 8.42 Å². The molecule has 0 amide bonds. The number of nitrogens with one attached hydrogen (secondary N) is 1. The summed E-state index contributed by atoms with van der Waals surface area (Å²) in [6, 6.07) is 6.46. The van der Waals surface area contributed by atoms with Crippen LogP contribution in [0.5, 0.6) is 0 Å². The number of likely N-dealkylation sites (N-methyl/N-ethyl adjacent to an activating group) is 2. The molecule has 160 valence electrons. The Morgan fingerprint density at radius 3 is 2.60 bits per heavy atom. The fraction of sp³-hybridized carbons (Fsp3) is 0.368. The summed E-state index contributed by atoms with van der Waals surface area (Å²) in [7, 11) is 0.227. The Morgan fingerprint density at radius 2 is 1.87 bits per heavy atom. The zero-order valence-corrected chi connectivity index (χ0v) is 18.1. The lowest BCUT2D eigenvalue weighted by Gasteiger charge is -2.21. The summed E-state index contributed by atoms with van der Waals surface area (Å²) in [5, 5.41) is 8.45. The number of nitrogens with two attached hydrogens (primary N) is 1. The van der Waals surface area contributed by atoms with Crippen LogP contribution in [0.1, 0.15) is 12.5 Å². The van der Waals surface area contributed by atoms with Gasteiger partial charge in [-0.15, -0.1) is 0 Å². The molecule has 3 N–H and O–H groups in total. The molecule has 0 radical (unpaired) electrons. The third kappa shape index (κ3) is 5.38. The topological polar surface area (TPSA) is 130 Å². The van der Waals surface area contributed by atoms with Crippen molar-refractivity contribution in [2.45, 2.75) is 18.4 Å². The van der Waals surface area contributed by atoms with Crippen LogP contribution in [0, 0.1) is 0 Å². The summed E-state index contributed by atoms with van der Waals surface area (Å²) >= 11 is 0. The van der Waals surface area contributed by atoms with Gasteiger partial charge < -0.3 is 15.1 Å². The number of aromatic nitrogens is 4. The number of fused-ring (bicyclic) bond motifs is 1. The van der Waals surface area contributed by atoms with Crippen molar-refractivity contribution in [2.24, 2.45) is 5.14 Å². The van der Waals surface area contributed by atoms with Crippen LogP contribution < -0.4 is 15.4 Å². The van der Waals surface area contributed by atoms with Gasteiger partial charge in [0, 0.05) is 39.1 Å². The molecule has 0 unspecified atom stereocenters. The van der Waals surface area contributed by atoms with E-state index in [1.54, 1.807) is 18.5 Å². The Hall–Kier alpha value is -2.89. The second-order valence-corrected chi connectivity index (χ2v) is 8.53. The molecule has 3 rings (SSSR count). The predicted octanol–water partition coefficient (Wildman–Crippen LogP) is 1.07. The molecule has 1 aromatic carbocycles. The minimum absolute atomic E-state index is 0.0644. The Kier molecular flexibility index (Phi) is 6.75. The van der Waals surface area contributed by atoms with E-state index in [2.05, 4.69) is 44.1 Å². The maximum atomic E-state index is 11.6. The van der Waals surface area contributed by atoms with Gasteiger partial charge in [-0.1, -0.05) is 19.1 Å². The van der Waals surface area contributed by atoms with E-state index in [0.717, 1.165) is 25.2 Å². The Labute approximate surface area is 176 Å². The van der Waals surface area contributed by atoms with Crippen molar-refractivity contribution in [2.75, 3.05) is 43.9 Å². The lowest BCUT2D eigenvalue weighted by molar-refractivity contribution is 0.360. The maximum absolute atomic E-state index is 11.6. The van der Waals surface area contributed by atoms with E-state index < -0.39 is 10.0 Å². The standard InChI is InChI=1S/C19H26N8O2S/c1-4-26(2)10-11-27(3)19-24-17-16(21-8-9-22-17)18(25-19)23-13-14-6-5-7-15(12-14)30(20,28)29/h5-9,12H,4,10-11,13H2,1-3H3,(H2,20,28,29)(H,22,23,24,25). The third-order valence-electron chi connectivity index (χ3n) is 4.71. The van der Waals surface area contributed by atoms with Crippen molar-refractivity contribution in [3.63, 3.8) is 0 Å².